The van der Waals surface area contributed by atoms with Crippen molar-refractivity contribution in [2.24, 2.45) is 16.7 Å². The lowest BCUT2D eigenvalue weighted by Crippen LogP contribution is -2.42. The molecule has 0 unspecified atom stereocenters. The van der Waals surface area contributed by atoms with E-state index in [2.05, 4.69) is 34.6 Å². The third kappa shape index (κ3) is 3.52. The van der Waals surface area contributed by atoms with Crippen LogP contribution in [0.15, 0.2) is 12.0 Å². The van der Waals surface area contributed by atoms with Crippen molar-refractivity contribution in [1.29, 1.82) is 0 Å². The van der Waals surface area contributed by atoms with Gasteiger partial charge in [0.2, 0.25) is 10.0 Å². The van der Waals surface area contributed by atoms with Crippen molar-refractivity contribution in [3.8, 4) is 0 Å². The van der Waals surface area contributed by atoms with Crippen molar-refractivity contribution >= 4 is 16.9 Å². The van der Waals surface area contributed by atoms with Crippen LogP contribution < -0.4 is 0 Å². The van der Waals surface area contributed by atoms with Crippen LogP contribution in [0, 0.1) is 16.7 Å². The quantitative estimate of drug-likeness (QED) is 0.344. The molecule has 0 radical (unpaired) electrons. The third-order valence-corrected chi connectivity index (χ3v) is 9.97. The molecule has 0 amide bonds. The maximum absolute atomic E-state index is 13.4. The summed E-state index contributed by atoms with van der Waals surface area (Å²) in [4.78, 5) is 0. The first-order valence-electron chi connectivity index (χ1n) is 11.6. The molecule has 2 saturated carbocycles. The highest BCUT2D eigenvalue weighted by molar-refractivity contribution is 7.89. The Labute approximate surface area is 173 Å². The second-order valence-electron chi connectivity index (χ2n) is 9.89. The number of fused-ring (bicyclic) bond motifs is 1. The molecule has 4 nitrogen and oxygen atoms in total. The summed E-state index contributed by atoms with van der Waals surface area (Å²) in [5, 5.41) is 0. The molecule has 160 valence electrons. The number of unbranched alkanes of at least 4 members (excludes halogenated alkanes) is 2. The Bertz CT molecular complexity index is 682. The average molecular weight is 409 g/mol. The van der Waals surface area contributed by atoms with E-state index in [1.54, 1.807) is 4.31 Å². The van der Waals surface area contributed by atoms with Crippen LogP contribution in [-0.2, 0) is 14.7 Å². The SMILES string of the molecule is CC/C=C(\OB(CCCC)CCCC)N1[C@@H]2C[C@H]3CC[C@]2(CS1(=O)=O)C3(C)C. The fourth-order valence-electron chi connectivity index (χ4n) is 6.24. The van der Waals surface area contributed by atoms with Gasteiger partial charge in [0.1, 0.15) is 0 Å². The molecule has 1 aliphatic heterocycles. The molecule has 1 heterocycles. The van der Waals surface area contributed by atoms with Crippen LogP contribution in [0.3, 0.4) is 0 Å². The van der Waals surface area contributed by atoms with Gasteiger partial charge in [-0.25, -0.2) is 12.7 Å². The van der Waals surface area contributed by atoms with Crippen LogP contribution >= 0.6 is 0 Å². The van der Waals surface area contributed by atoms with E-state index in [9.17, 15) is 8.42 Å². The maximum Gasteiger partial charge on any atom is 0.359 e. The molecule has 3 aliphatic rings. The molecule has 6 heteroatoms. The topological polar surface area (TPSA) is 46.6 Å². The van der Waals surface area contributed by atoms with Gasteiger partial charge in [0.05, 0.1) is 11.8 Å². The lowest BCUT2D eigenvalue weighted by atomic mass is 9.59. The Morgan fingerprint density at radius 3 is 2.36 bits per heavy atom. The highest BCUT2D eigenvalue weighted by Crippen LogP contribution is 2.70. The molecule has 0 N–H and O–H groups in total. The summed E-state index contributed by atoms with van der Waals surface area (Å²) in [6.45, 7) is 11.2. The van der Waals surface area contributed by atoms with Gasteiger partial charge >= 0.3 is 6.92 Å². The Morgan fingerprint density at radius 1 is 1.18 bits per heavy atom. The van der Waals surface area contributed by atoms with Gasteiger partial charge in [0.25, 0.3) is 0 Å². The normalized spacial score (nSPS) is 32.6. The highest BCUT2D eigenvalue weighted by Gasteiger charge is 2.72. The summed E-state index contributed by atoms with van der Waals surface area (Å²) < 4.78 is 35.0. The number of rotatable bonds is 10. The Morgan fingerprint density at radius 2 is 1.82 bits per heavy atom. The summed E-state index contributed by atoms with van der Waals surface area (Å²) in [6, 6.07) is 0.0852. The molecule has 0 aromatic carbocycles. The summed E-state index contributed by atoms with van der Waals surface area (Å²) in [6.07, 6.45) is 12.6. The molecule has 0 aromatic rings. The van der Waals surface area contributed by atoms with Crippen molar-refractivity contribution in [2.75, 3.05) is 5.75 Å². The Kier molecular flexibility index (Phi) is 6.49. The zero-order valence-corrected chi connectivity index (χ0v) is 19.5. The molecular weight excluding hydrogens is 369 g/mol. The van der Waals surface area contributed by atoms with Gasteiger partial charge < -0.3 is 4.65 Å². The van der Waals surface area contributed by atoms with E-state index >= 15 is 0 Å². The van der Waals surface area contributed by atoms with Gasteiger partial charge in [0, 0.05) is 5.41 Å². The molecule has 2 bridgehead atoms. The second-order valence-corrected chi connectivity index (χ2v) is 11.7. The average Bonchev–Trinajstić information content (AvgIpc) is 3.11. The molecule has 3 fully saturated rings. The minimum Gasteiger partial charge on any atom is -0.549 e. The molecule has 3 rings (SSSR count). The van der Waals surface area contributed by atoms with E-state index in [0.29, 0.717) is 17.6 Å². The van der Waals surface area contributed by atoms with Gasteiger partial charge in [-0.05, 0) is 55.7 Å². The maximum atomic E-state index is 13.4. The predicted molar refractivity (Wildman–Crippen MR) is 118 cm³/mol. The standard InChI is InChI=1S/C22H40BNO3S/c1-6-9-14-23(15-10-7-2)27-20(11-8-3)24-19-16-18-12-13-22(19,21(18,4)5)17-28(24,25)26/h11,18-19H,6-10,12-17H2,1-5H3/b20-11-/t18-,19-,22-/m1/s1. The molecule has 2 aliphatic carbocycles. The van der Waals surface area contributed by atoms with E-state index in [1.165, 1.54) is 6.42 Å². The smallest absolute Gasteiger partial charge is 0.359 e. The highest BCUT2D eigenvalue weighted by atomic mass is 32.2. The Balaban J connectivity index is 1.88. The van der Waals surface area contributed by atoms with Gasteiger partial charge in [-0.2, -0.15) is 0 Å². The zero-order chi connectivity index (χ0) is 20.6. The number of sulfonamides is 1. The van der Waals surface area contributed by atoms with Crippen molar-refractivity contribution in [1.82, 2.24) is 4.31 Å². The van der Waals surface area contributed by atoms with Crippen molar-refractivity contribution in [3.05, 3.63) is 12.0 Å². The van der Waals surface area contributed by atoms with Crippen LogP contribution in [0.1, 0.15) is 86.0 Å². The van der Waals surface area contributed by atoms with E-state index < -0.39 is 10.0 Å². The number of hydrogen-bond acceptors (Lipinski definition) is 3. The van der Waals surface area contributed by atoms with E-state index in [1.807, 2.05) is 6.08 Å². The largest absolute Gasteiger partial charge is 0.549 e. The lowest BCUT2D eigenvalue weighted by molar-refractivity contribution is 0.109. The number of nitrogens with zero attached hydrogens (tertiary/aromatic N) is 1. The minimum atomic E-state index is -3.33. The monoisotopic (exact) mass is 409 g/mol. The first-order valence-corrected chi connectivity index (χ1v) is 13.2. The van der Waals surface area contributed by atoms with Crippen molar-refractivity contribution in [3.63, 3.8) is 0 Å². The van der Waals surface area contributed by atoms with Crippen LogP contribution in [0.5, 0.6) is 0 Å². The van der Waals surface area contributed by atoms with E-state index in [4.69, 9.17) is 4.65 Å². The summed E-state index contributed by atoms with van der Waals surface area (Å²) >= 11 is 0. The van der Waals surface area contributed by atoms with Gasteiger partial charge in [-0.15, -0.1) is 0 Å². The fourth-order valence-corrected chi connectivity index (χ4v) is 8.81. The van der Waals surface area contributed by atoms with Crippen molar-refractivity contribution in [2.45, 2.75) is 105 Å². The second kappa shape index (κ2) is 8.24. The Hall–Kier alpha value is -0.645. The predicted octanol–water partition coefficient (Wildman–Crippen LogP) is 5.69. The van der Waals surface area contributed by atoms with Crippen LogP contribution in [-0.4, -0.2) is 31.4 Å². The van der Waals surface area contributed by atoms with Crippen molar-refractivity contribution < 1.29 is 13.1 Å². The van der Waals surface area contributed by atoms with Crippen LogP contribution in [0.4, 0.5) is 0 Å². The first kappa shape index (κ1) is 22.0. The fraction of sp³-hybridized carbons (Fsp3) is 0.909. The number of hydrogen-bond donors (Lipinski definition) is 0. The molecule has 28 heavy (non-hydrogen) atoms. The lowest BCUT2D eigenvalue weighted by Gasteiger charge is -2.38. The molecule has 1 saturated heterocycles. The molecule has 3 atom stereocenters. The summed E-state index contributed by atoms with van der Waals surface area (Å²) in [5.74, 6) is 1.56. The minimum absolute atomic E-state index is 0.0852. The summed E-state index contributed by atoms with van der Waals surface area (Å²) in [5.41, 5.74) is -0.00431. The zero-order valence-electron chi connectivity index (χ0n) is 18.7. The van der Waals surface area contributed by atoms with Gasteiger partial charge in [-0.1, -0.05) is 60.3 Å². The number of allylic oxidation sites excluding steroid dienone is 1. The molecule has 1 spiro atoms. The first-order chi connectivity index (χ1) is 13.2. The summed E-state index contributed by atoms with van der Waals surface area (Å²) in [7, 11) is -3.33. The third-order valence-electron chi connectivity index (χ3n) is 8.05. The molecular formula is C22H40BNO3S. The van der Waals surface area contributed by atoms with Gasteiger partial charge in [0.15, 0.2) is 5.88 Å². The van der Waals surface area contributed by atoms with Crippen LogP contribution in [0.2, 0.25) is 12.6 Å². The van der Waals surface area contributed by atoms with E-state index in [0.717, 1.165) is 57.6 Å². The molecule has 0 aromatic heterocycles. The van der Waals surface area contributed by atoms with Crippen LogP contribution in [0.25, 0.3) is 0 Å². The van der Waals surface area contributed by atoms with E-state index in [-0.39, 0.29) is 23.8 Å². The van der Waals surface area contributed by atoms with Gasteiger partial charge in [-0.3, -0.25) is 0 Å².